The van der Waals surface area contributed by atoms with Gasteiger partial charge in [-0.3, -0.25) is 0 Å². The van der Waals surface area contributed by atoms with Gasteiger partial charge in [-0.1, -0.05) is 12.1 Å². The number of methoxy groups -OCH3 is 1. The van der Waals surface area contributed by atoms with E-state index in [9.17, 15) is 5.11 Å². The minimum atomic E-state index is 0.177. The SMILES string of the molecule is COc1ccc(-c2oc3ccccc3c2O)cc1. The van der Waals surface area contributed by atoms with Crippen LogP contribution in [0.5, 0.6) is 11.5 Å². The Morgan fingerprint density at radius 3 is 2.39 bits per heavy atom. The van der Waals surface area contributed by atoms with Crippen LogP contribution in [0.2, 0.25) is 0 Å². The number of ether oxygens (including phenoxy) is 1. The summed E-state index contributed by atoms with van der Waals surface area (Å²) in [6.07, 6.45) is 0. The van der Waals surface area contributed by atoms with Gasteiger partial charge in [0.05, 0.1) is 12.5 Å². The van der Waals surface area contributed by atoms with Crippen LogP contribution in [0.25, 0.3) is 22.3 Å². The molecule has 3 aromatic rings. The first-order valence-corrected chi connectivity index (χ1v) is 5.64. The van der Waals surface area contributed by atoms with E-state index in [2.05, 4.69) is 0 Å². The molecule has 0 aliphatic rings. The van der Waals surface area contributed by atoms with Crippen LogP contribution in [0.15, 0.2) is 52.9 Å². The Hall–Kier alpha value is -2.42. The lowest BCUT2D eigenvalue weighted by Gasteiger charge is -2.01. The largest absolute Gasteiger partial charge is 0.504 e. The Bertz CT molecular complexity index is 681. The van der Waals surface area contributed by atoms with Crippen molar-refractivity contribution in [3.8, 4) is 22.8 Å². The van der Waals surface area contributed by atoms with Gasteiger partial charge in [-0.05, 0) is 36.4 Å². The molecule has 18 heavy (non-hydrogen) atoms. The molecule has 1 heterocycles. The molecule has 1 N–H and O–H groups in total. The molecule has 0 amide bonds. The summed E-state index contributed by atoms with van der Waals surface area (Å²) in [6, 6.07) is 14.8. The molecule has 0 unspecified atom stereocenters. The molecule has 3 nitrogen and oxygen atoms in total. The van der Waals surface area contributed by atoms with Crippen molar-refractivity contribution in [2.45, 2.75) is 0 Å². The van der Waals surface area contributed by atoms with Crippen molar-refractivity contribution < 1.29 is 14.3 Å². The molecule has 0 saturated carbocycles. The van der Waals surface area contributed by atoms with E-state index in [1.807, 2.05) is 48.5 Å². The molecule has 1 aromatic heterocycles. The van der Waals surface area contributed by atoms with Gasteiger partial charge in [-0.2, -0.15) is 0 Å². The number of aromatic hydroxyl groups is 1. The number of benzene rings is 2. The van der Waals surface area contributed by atoms with Gasteiger partial charge in [0.15, 0.2) is 11.5 Å². The summed E-state index contributed by atoms with van der Waals surface area (Å²) < 4.78 is 10.8. The molecule has 0 aliphatic heterocycles. The van der Waals surface area contributed by atoms with Crippen molar-refractivity contribution >= 4 is 11.0 Å². The van der Waals surface area contributed by atoms with Gasteiger partial charge in [0.2, 0.25) is 0 Å². The third-order valence-electron chi connectivity index (χ3n) is 2.92. The number of rotatable bonds is 2. The van der Waals surface area contributed by atoms with Crippen molar-refractivity contribution in [3.63, 3.8) is 0 Å². The summed E-state index contributed by atoms with van der Waals surface area (Å²) >= 11 is 0. The van der Waals surface area contributed by atoms with Crippen LogP contribution in [-0.4, -0.2) is 12.2 Å². The topological polar surface area (TPSA) is 42.6 Å². The number of hydrogen-bond acceptors (Lipinski definition) is 3. The smallest absolute Gasteiger partial charge is 0.177 e. The predicted octanol–water partition coefficient (Wildman–Crippen LogP) is 3.81. The van der Waals surface area contributed by atoms with E-state index in [0.29, 0.717) is 11.3 Å². The lowest BCUT2D eigenvalue weighted by atomic mass is 10.1. The van der Waals surface area contributed by atoms with Crippen LogP contribution in [0.1, 0.15) is 0 Å². The Labute approximate surface area is 104 Å². The molecule has 0 fully saturated rings. The second kappa shape index (κ2) is 4.11. The number of furan rings is 1. The lowest BCUT2D eigenvalue weighted by Crippen LogP contribution is -1.81. The summed E-state index contributed by atoms with van der Waals surface area (Å²) in [7, 11) is 1.62. The van der Waals surface area contributed by atoms with Crippen LogP contribution in [-0.2, 0) is 0 Å². The maximum absolute atomic E-state index is 10.1. The predicted molar refractivity (Wildman–Crippen MR) is 69.9 cm³/mol. The number of hydrogen-bond donors (Lipinski definition) is 1. The molecule has 90 valence electrons. The molecule has 0 atom stereocenters. The summed E-state index contributed by atoms with van der Waals surface area (Å²) in [5, 5.41) is 10.9. The zero-order valence-corrected chi connectivity index (χ0v) is 9.88. The van der Waals surface area contributed by atoms with Crippen molar-refractivity contribution in [3.05, 3.63) is 48.5 Å². The third kappa shape index (κ3) is 1.61. The van der Waals surface area contributed by atoms with E-state index >= 15 is 0 Å². The standard InChI is InChI=1S/C15H12O3/c1-17-11-8-6-10(7-9-11)15-14(16)12-4-2-3-5-13(12)18-15/h2-9,16H,1H3. The van der Waals surface area contributed by atoms with Crippen molar-refractivity contribution in [2.75, 3.05) is 7.11 Å². The lowest BCUT2D eigenvalue weighted by molar-refractivity contribution is 0.415. The molecule has 3 rings (SSSR count). The third-order valence-corrected chi connectivity index (χ3v) is 2.92. The fourth-order valence-corrected chi connectivity index (χ4v) is 1.97. The van der Waals surface area contributed by atoms with Gasteiger partial charge < -0.3 is 14.3 Å². The molecule has 0 aliphatic carbocycles. The Morgan fingerprint density at radius 2 is 1.72 bits per heavy atom. The summed E-state index contributed by atoms with van der Waals surface area (Å²) in [5.74, 6) is 1.43. The normalized spacial score (nSPS) is 10.7. The Morgan fingerprint density at radius 1 is 1.00 bits per heavy atom. The summed E-state index contributed by atoms with van der Waals surface area (Å²) in [4.78, 5) is 0. The summed E-state index contributed by atoms with van der Waals surface area (Å²) in [5.41, 5.74) is 1.50. The number of fused-ring (bicyclic) bond motifs is 1. The fourth-order valence-electron chi connectivity index (χ4n) is 1.97. The van der Waals surface area contributed by atoms with Gasteiger partial charge >= 0.3 is 0 Å². The van der Waals surface area contributed by atoms with Gasteiger partial charge in [0.25, 0.3) is 0 Å². The average Bonchev–Trinajstić information content (AvgIpc) is 2.77. The molecule has 2 aromatic carbocycles. The second-order valence-electron chi connectivity index (χ2n) is 4.00. The maximum Gasteiger partial charge on any atom is 0.177 e. The molecular weight excluding hydrogens is 228 g/mol. The first kappa shape index (κ1) is 10.7. The summed E-state index contributed by atoms with van der Waals surface area (Å²) in [6.45, 7) is 0. The highest BCUT2D eigenvalue weighted by atomic mass is 16.5. The molecule has 3 heteroatoms. The van der Waals surface area contributed by atoms with Crippen LogP contribution in [0, 0.1) is 0 Å². The van der Waals surface area contributed by atoms with E-state index in [0.717, 1.165) is 16.7 Å². The van der Waals surface area contributed by atoms with E-state index < -0.39 is 0 Å². The van der Waals surface area contributed by atoms with Crippen LogP contribution < -0.4 is 4.74 Å². The zero-order valence-electron chi connectivity index (χ0n) is 9.88. The first-order chi connectivity index (χ1) is 8.79. The highest BCUT2D eigenvalue weighted by Crippen LogP contribution is 2.39. The molecule has 0 saturated heterocycles. The molecule has 0 radical (unpaired) electrons. The first-order valence-electron chi connectivity index (χ1n) is 5.64. The molecular formula is C15H12O3. The van der Waals surface area contributed by atoms with E-state index in [1.165, 1.54) is 0 Å². The van der Waals surface area contributed by atoms with Crippen molar-refractivity contribution in [1.82, 2.24) is 0 Å². The van der Waals surface area contributed by atoms with Gasteiger partial charge in [-0.25, -0.2) is 0 Å². The van der Waals surface area contributed by atoms with Gasteiger partial charge in [-0.15, -0.1) is 0 Å². The highest BCUT2D eigenvalue weighted by molar-refractivity contribution is 5.91. The highest BCUT2D eigenvalue weighted by Gasteiger charge is 2.14. The van der Waals surface area contributed by atoms with E-state index in [1.54, 1.807) is 7.11 Å². The Kier molecular flexibility index (Phi) is 2.45. The fraction of sp³-hybridized carbons (Fsp3) is 0.0667. The van der Waals surface area contributed by atoms with Gasteiger partial charge in [0, 0.05) is 5.56 Å². The molecule has 0 bridgehead atoms. The average molecular weight is 240 g/mol. The molecule has 0 spiro atoms. The minimum absolute atomic E-state index is 0.177. The van der Waals surface area contributed by atoms with E-state index in [4.69, 9.17) is 9.15 Å². The van der Waals surface area contributed by atoms with Crippen LogP contribution in [0.4, 0.5) is 0 Å². The van der Waals surface area contributed by atoms with Crippen molar-refractivity contribution in [1.29, 1.82) is 0 Å². The Balaban J connectivity index is 2.15. The van der Waals surface area contributed by atoms with Gasteiger partial charge in [0.1, 0.15) is 11.3 Å². The van der Waals surface area contributed by atoms with Crippen molar-refractivity contribution in [2.24, 2.45) is 0 Å². The monoisotopic (exact) mass is 240 g/mol. The quantitative estimate of drug-likeness (QED) is 0.740. The number of para-hydroxylation sites is 1. The minimum Gasteiger partial charge on any atom is -0.504 e. The maximum atomic E-state index is 10.1. The van der Waals surface area contributed by atoms with Crippen LogP contribution >= 0.6 is 0 Å². The second-order valence-corrected chi connectivity index (χ2v) is 4.00. The van der Waals surface area contributed by atoms with E-state index in [-0.39, 0.29) is 5.75 Å². The van der Waals surface area contributed by atoms with Crippen LogP contribution in [0.3, 0.4) is 0 Å². The zero-order chi connectivity index (χ0) is 12.5.